The highest BCUT2D eigenvalue weighted by Crippen LogP contribution is 2.31. The van der Waals surface area contributed by atoms with Gasteiger partial charge in [0.25, 0.3) is 0 Å². The zero-order valence-electron chi connectivity index (χ0n) is 13.4. The molecule has 1 saturated heterocycles. The molecule has 1 aliphatic heterocycles. The number of hydrogen-bond acceptors (Lipinski definition) is 3. The summed E-state index contributed by atoms with van der Waals surface area (Å²) in [5, 5.41) is 0.760. The summed E-state index contributed by atoms with van der Waals surface area (Å²) in [7, 11) is 0. The molecule has 0 bridgehead atoms. The molecule has 4 nitrogen and oxygen atoms in total. The smallest absolute Gasteiger partial charge is 0.139 e. The van der Waals surface area contributed by atoms with Gasteiger partial charge >= 0.3 is 0 Å². The third kappa shape index (κ3) is 3.14. The van der Waals surface area contributed by atoms with E-state index in [0.29, 0.717) is 0 Å². The monoisotopic (exact) mass is 321 g/mol. The zero-order valence-corrected chi connectivity index (χ0v) is 14.1. The lowest BCUT2D eigenvalue weighted by Gasteiger charge is -2.20. The molecule has 120 valence electrons. The molecule has 0 amide bonds. The first-order valence-electron chi connectivity index (χ1n) is 8.22. The van der Waals surface area contributed by atoms with Crippen molar-refractivity contribution < 1.29 is 4.74 Å². The minimum atomic E-state index is 0.128. The summed E-state index contributed by atoms with van der Waals surface area (Å²) in [4.78, 5) is 7.25. The Labute approximate surface area is 137 Å². The number of nitrogens with zero attached hydrogens (tertiary/aromatic N) is 3. The van der Waals surface area contributed by atoms with Crippen LogP contribution in [-0.2, 0) is 11.3 Å². The van der Waals surface area contributed by atoms with Crippen molar-refractivity contribution in [1.29, 1.82) is 0 Å². The van der Waals surface area contributed by atoms with Gasteiger partial charge in [-0.15, -0.1) is 0 Å². The number of fused-ring (bicyclic) bond motifs is 1. The SMILES string of the molecule is CCN(CC)CCn1c(C2CCCO2)nc2ccc(Cl)cc21. The molecule has 1 aromatic carbocycles. The van der Waals surface area contributed by atoms with Crippen molar-refractivity contribution in [3.05, 3.63) is 29.0 Å². The van der Waals surface area contributed by atoms with Gasteiger partial charge in [-0.05, 0) is 44.1 Å². The van der Waals surface area contributed by atoms with Crippen LogP contribution in [0.4, 0.5) is 0 Å². The molecular weight excluding hydrogens is 298 g/mol. The van der Waals surface area contributed by atoms with E-state index in [1.54, 1.807) is 0 Å². The van der Waals surface area contributed by atoms with Gasteiger partial charge < -0.3 is 14.2 Å². The maximum atomic E-state index is 6.19. The average molecular weight is 322 g/mol. The zero-order chi connectivity index (χ0) is 15.5. The maximum absolute atomic E-state index is 6.19. The molecular formula is C17H24ClN3O. The molecule has 1 atom stereocenters. The summed E-state index contributed by atoms with van der Waals surface area (Å²) < 4.78 is 8.17. The van der Waals surface area contributed by atoms with Crippen LogP contribution >= 0.6 is 11.6 Å². The largest absolute Gasteiger partial charge is 0.370 e. The molecule has 1 unspecified atom stereocenters. The average Bonchev–Trinajstić information content (AvgIpc) is 3.16. The topological polar surface area (TPSA) is 30.3 Å². The number of rotatable bonds is 6. The minimum Gasteiger partial charge on any atom is -0.370 e. The van der Waals surface area contributed by atoms with E-state index >= 15 is 0 Å². The summed E-state index contributed by atoms with van der Waals surface area (Å²) in [5.74, 6) is 1.06. The van der Waals surface area contributed by atoms with Gasteiger partial charge in [-0.2, -0.15) is 0 Å². The van der Waals surface area contributed by atoms with Gasteiger partial charge in [0.05, 0.1) is 11.0 Å². The van der Waals surface area contributed by atoms with Crippen LogP contribution in [0.25, 0.3) is 11.0 Å². The van der Waals surface area contributed by atoms with Gasteiger partial charge in [-0.1, -0.05) is 25.4 Å². The van der Waals surface area contributed by atoms with E-state index in [1.165, 1.54) is 0 Å². The Morgan fingerprint density at radius 3 is 2.86 bits per heavy atom. The van der Waals surface area contributed by atoms with Crippen molar-refractivity contribution in [3.8, 4) is 0 Å². The molecule has 0 spiro atoms. The van der Waals surface area contributed by atoms with Crippen molar-refractivity contribution >= 4 is 22.6 Å². The van der Waals surface area contributed by atoms with Crippen LogP contribution in [0, 0.1) is 0 Å². The normalized spacial score (nSPS) is 18.6. The molecule has 0 radical (unpaired) electrons. The van der Waals surface area contributed by atoms with Crippen molar-refractivity contribution in [2.24, 2.45) is 0 Å². The Balaban J connectivity index is 1.95. The van der Waals surface area contributed by atoms with Gasteiger partial charge in [-0.3, -0.25) is 0 Å². The lowest BCUT2D eigenvalue weighted by atomic mass is 10.2. The molecule has 2 heterocycles. The first kappa shape index (κ1) is 15.8. The summed E-state index contributed by atoms with van der Waals surface area (Å²) >= 11 is 6.19. The number of hydrogen-bond donors (Lipinski definition) is 0. The second-order valence-corrected chi connectivity index (χ2v) is 6.22. The lowest BCUT2D eigenvalue weighted by molar-refractivity contribution is 0.102. The van der Waals surface area contributed by atoms with Gasteiger partial charge in [0.15, 0.2) is 0 Å². The second-order valence-electron chi connectivity index (χ2n) is 5.78. The van der Waals surface area contributed by atoms with E-state index in [2.05, 4.69) is 23.3 Å². The summed E-state index contributed by atoms with van der Waals surface area (Å²) in [6.07, 6.45) is 2.30. The summed E-state index contributed by atoms with van der Waals surface area (Å²) in [6.45, 7) is 9.32. The number of halogens is 1. The molecule has 22 heavy (non-hydrogen) atoms. The molecule has 0 N–H and O–H groups in total. The van der Waals surface area contributed by atoms with Gasteiger partial charge in [0, 0.05) is 24.7 Å². The van der Waals surface area contributed by atoms with E-state index in [4.69, 9.17) is 21.3 Å². The highest BCUT2D eigenvalue weighted by Gasteiger charge is 2.24. The number of ether oxygens (including phenoxy) is 1. The molecule has 1 aromatic heterocycles. The Morgan fingerprint density at radius 2 is 2.18 bits per heavy atom. The molecule has 0 aliphatic carbocycles. The first-order chi connectivity index (χ1) is 10.7. The standard InChI is InChI=1S/C17H24ClN3O/c1-3-20(4-2)9-10-21-15-12-13(18)7-8-14(15)19-17(21)16-6-5-11-22-16/h7-8,12,16H,3-6,9-11H2,1-2H3. The van der Waals surface area contributed by atoms with E-state index in [0.717, 1.165) is 67.5 Å². The predicted octanol–water partition coefficient (Wildman–Crippen LogP) is 3.88. The van der Waals surface area contributed by atoms with Gasteiger partial charge in [0.1, 0.15) is 11.9 Å². The highest BCUT2D eigenvalue weighted by molar-refractivity contribution is 6.31. The van der Waals surface area contributed by atoms with Crippen molar-refractivity contribution in [2.45, 2.75) is 39.3 Å². The van der Waals surface area contributed by atoms with Crippen LogP contribution in [0.5, 0.6) is 0 Å². The molecule has 1 fully saturated rings. The van der Waals surface area contributed by atoms with E-state index < -0.39 is 0 Å². The maximum Gasteiger partial charge on any atom is 0.139 e. The Kier molecular flexibility index (Phi) is 5.01. The second kappa shape index (κ2) is 6.99. The van der Waals surface area contributed by atoms with Crippen LogP contribution in [0.2, 0.25) is 5.02 Å². The number of benzene rings is 1. The van der Waals surface area contributed by atoms with Crippen LogP contribution in [0.15, 0.2) is 18.2 Å². The van der Waals surface area contributed by atoms with Gasteiger partial charge in [-0.25, -0.2) is 4.98 Å². The number of likely N-dealkylation sites (N-methyl/N-ethyl adjacent to an activating group) is 1. The highest BCUT2D eigenvalue weighted by atomic mass is 35.5. The Bertz CT molecular complexity index is 630. The molecule has 3 rings (SSSR count). The van der Waals surface area contributed by atoms with Crippen molar-refractivity contribution in [1.82, 2.24) is 14.5 Å². The third-order valence-corrected chi connectivity index (χ3v) is 4.73. The third-order valence-electron chi connectivity index (χ3n) is 4.49. The van der Waals surface area contributed by atoms with Crippen LogP contribution < -0.4 is 0 Å². The van der Waals surface area contributed by atoms with Crippen LogP contribution in [0.3, 0.4) is 0 Å². The lowest BCUT2D eigenvalue weighted by Crippen LogP contribution is -2.27. The summed E-state index contributed by atoms with van der Waals surface area (Å²) in [5.41, 5.74) is 2.12. The van der Waals surface area contributed by atoms with Crippen LogP contribution in [0.1, 0.15) is 38.6 Å². The Hall–Kier alpha value is -1.10. The summed E-state index contributed by atoms with van der Waals surface area (Å²) in [6, 6.07) is 5.93. The number of imidazole rings is 1. The molecule has 2 aromatic rings. The van der Waals surface area contributed by atoms with Crippen molar-refractivity contribution in [3.63, 3.8) is 0 Å². The van der Waals surface area contributed by atoms with E-state index in [-0.39, 0.29) is 6.10 Å². The van der Waals surface area contributed by atoms with Gasteiger partial charge in [0.2, 0.25) is 0 Å². The van der Waals surface area contributed by atoms with E-state index in [1.807, 2.05) is 18.2 Å². The Morgan fingerprint density at radius 1 is 1.36 bits per heavy atom. The minimum absolute atomic E-state index is 0.128. The van der Waals surface area contributed by atoms with E-state index in [9.17, 15) is 0 Å². The quantitative estimate of drug-likeness (QED) is 0.808. The van der Waals surface area contributed by atoms with Crippen LogP contribution in [-0.4, -0.2) is 40.7 Å². The molecule has 0 saturated carbocycles. The molecule has 5 heteroatoms. The fourth-order valence-electron chi connectivity index (χ4n) is 3.16. The number of aromatic nitrogens is 2. The fourth-order valence-corrected chi connectivity index (χ4v) is 3.32. The predicted molar refractivity (Wildman–Crippen MR) is 90.5 cm³/mol. The first-order valence-corrected chi connectivity index (χ1v) is 8.60. The molecule has 1 aliphatic rings. The van der Waals surface area contributed by atoms with Crippen molar-refractivity contribution in [2.75, 3.05) is 26.2 Å². The fraction of sp³-hybridized carbons (Fsp3) is 0.588.